The summed E-state index contributed by atoms with van der Waals surface area (Å²) in [6, 6.07) is 13.0. The predicted molar refractivity (Wildman–Crippen MR) is 157 cm³/mol. The first-order valence-corrected chi connectivity index (χ1v) is 14.9. The number of amides is 1. The summed E-state index contributed by atoms with van der Waals surface area (Å²) in [4.78, 5) is 28.2. The molecule has 0 aliphatic heterocycles. The third-order valence-corrected chi connectivity index (χ3v) is 9.11. The Morgan fingerprint density at radius 2 is 1.76 bits per heavy atom. The summed E-state index contributed by atoms with van der Waals surface area (Å²) in [6.07, 6.45) is 7.50. The molecule has 212 valence electrons. The Hall–Kier alpha value is -3.82. The predicted octanol–water partition coefficient (Wildman–Crippen LogP) is 5.83. The van der Waals surface area contributed by atoms with Crippen LogP contribution in [0.5, 0.6) is 5.88 Å². The molecule has 0 saturated heterocycles. The van der Waals surface area contributed by atoms with E-state index < -0.39 is 17.7 Å². The van der Waals surface area contributed by atoms with Crippen molar-refractivity contribution < 1.29 is 19.4 Å². The number of carbonyl (C=O) groups excluding carboxylic acids is 1. The van der Waals surface area contributed by atoms with Gasteiger partial charge in [-0.25, -0.2) is 14.8 Å². The number of methoxy groups -OCH3 is 1. The average molecular weight is 571 g/mol. The van der Waals surface area contributed by atoms with E-state index >= 15 is 0 Å². The molecule has 0 spiro atoms. The Morgan fingerprint density at radius 3 is 2.39 bits per heavy atom. The molecule has 1 unspecified atom stereocenters. The normalized spacial score (nSPS) is 14.8. The van der Waals surface area contributed by atoms with Crippen molar-refractivity contribution in [1.29, 1.82) is 0 Å². The Morgan fingerprint density at radius 1 is 1.05 bits per heavy atom. The molecule has 2 aromatic heterocycles. The minimum Gasteiger partial charge on any atom is -0.481 e. The number of nitrogens with zero attached hydrogens (tertiary/aromatic N) is 3. The fraction of sp³-hybridized carbons (Fsp3) is 0.375. The maximum absolute atomic E-state index is 13.1. The number of benzene rings is 2. The smallest absolute Gasteiger partial charge is 0.408 e. The number of aromatic nitrogens is 3. The second kappa shape index (κ2) is 11.2. The monoisotopic (exact) mass is 570 g/mol. The van der Waals surface area contributed by atoms with Gasteiger partial charge in [-0.15, -0.1) is 11.3 Å². The van der Waals surface area contributed by atoms with Crippen molar-refractivity contribution in [1.82, 2.24) is 20.3 Å². The lowest BCUT2D eigenvalue weighted by Crippen LogP contribution is -2.30. The van der Waals surface area contributed by atoms with Gasteiger partial charge in [-0.2, -0.15) is 4.98 Å². The number of fused-ring (bicyclic) bond motifs is 2. The molecule has 41 heavy (non-hydrogen) atoms. The molecule has 0 radical (unpaired) electrons. The van der Waals surface area contributed by atoms with Gasteiger partial charge in [0.1, 0.15) is 23.3 Å². The molecule has 6 rings (SSSR count). The Labute approximate surface area is 243 Å². The molecule has 0 bridgehead atoms. The van der Waals surface area contributed by atoms with Crippen molar-refractivity contribution in [3.63, 3.8) is 0 Å². The number of carbonyl (C=O) groups is 1. The first-order chi connectivity index (χ1) is 19.8. The van der Waals surface area contributed by atoms with Crippen LogP contribution in [-0.2, 0) is 42.6 Å². The third kappa shape index (κ3) is 5.69. The minimum atomic E-state index is -1.12. The van der Waals surface area contributed by atoms with Crippen LogP contribution >= 0.6 is 11.3 Å². The van der Waals surface area contributed by atoms with Crippen LogP contribution in [0.1, 0.15) is 76.1 Å². The van der Waals surface area contributed by atoms with E-state index in [9.17, 15) is 9.90 Å². The third-order valence-electron chi connectivity index (χ3n) is 7.73. The van der Waals surface area contributed by atoms with Gasteiger partial charge in [-0.05, 0) is 80.2 Å². The molecule has 4 aromatic rings. The van der Waals surface area contributed by atoms with Crippen LogP contribution in [0.2, 0.25) is 0 Å². The van der Waals surface area contributed by atoms with Crippen LogP contribution in [0.25, 0.3) is 11.4 Å². The lowest BCUT2D eigenvalue weighted by Gasteiger charge is -2.20. The maximum atomic E-state index is 13.1. The fourth-order valence-electron chi connectivity index (χ4n) is 5.77. The van der Waals surface area contributed by atoms with Crippen LogP contribution < -0.4 is 10.1 Å². The fourth-order valence-corrected chi connectivity index (χ4v) is 6.75. The van der Waals surface area contributed by atoms with Crippen LogP contribution in [0.15, 0.2) is 48.7 Å². The maximum Gasteiger partial charge on any atom is 0.408 e. The number of hydrogen-bond acceptors (Lipinski definition) is 8. The number of alkyl carbamates (subject to hydrolysis) is 1. The van der Waals surface area contributed by atoms with Gasteiger partial charge in [0.15, 0.2) is 5.82 Å². The van der Waals surface area contributed by atoms with Crippen LogP contribution in [-0.4, -0.2) is 33.3 Å². The van der Waals surface area contributed by atoms with Crippen LogP contribution in [0.4, 0.5) is 4.79 Å². The highest BCUT2D eigenvalue weighted by molar-refractivity contribution is 7.11. The number of ether oxygens (including phenoxy) is 2. The molecule has 2 aliphatic rings. The molecule has 0 fully saturated rings. The molecule has 2 aliphatic carbocycles. The van der Waals surface area contributed by atoms with E-state index in [0.29, 0.717) is 27.3 Å². The molecular weight excluding hydrogens is 536 g/mol. The first-order valence-electron chi connectivity index (χ1n) is 14.1. The zero-order chi connectivity index (χ0) is 28.6. The van der Waals surface area contributed by atoms with Gasteiger partial charge in [-0.3, -0.25) is 0 Å². The number of thiazole rings is 1. The average Bonchev–Trinajstić information content (AvgIpc) is 3.74. The van der Waals surface area contributed by atoms with E-state index in [4.69, 9.17) is 19.4 Å². The SMILES string of the molecule is COc1cc(C(NC(=O)OCc2ccccc2)c2cnc(C(C)(C)O)s2)nc(-c2c3c(cc4c2CCC4)CCC3)n1. The second-order valence-electron chi connectivity index (χ2n) is 11.2. The van der Waals surface area contributed by atoms with Gasteiger partial charge in [0.2, 0.25) is 5.88 Å². The second-order valence-corrected chi connectivity index (χ2v) is 12.2. The summed E-state index contributed by atoms with van der Waals surface area (Å²) < 4.78 is 11.2. The number of nitrogens with one attached hydrogen (secondary N) is 1. The lowest BCUT2D eigenvalue weighted by atomic mass is 9.93. The molecule has 0 saturated carbocycles. The van der Waals surface area contributed by atoms with Gasteiger partial charge in [-0.1, -0.05) is 36.4 Å². The van der Waals surface area contributed by atoms with Gasteiger partial charge < -0.3 is 19.9 Å². The number of aryl methyl sites for hydroxylation is 2. The Bertz CT molecular complexity index is 1550. The highest BCUT2D eigenvalue weighted by Crippen LogP contribution is 2.41. The van der Waals surface area contributed by atoms with Crippen molar-refractivity contribution in [3.05, 3.63) is 92.1 Å². The van der Waals surface area contributed by atoms with Crippen LogP contribution in [0.3, 0.4) is 0 Å². The standard InChI is InChI=1S/C32H34N4O4S/c1-32(2,38)30-33-17-25(41-30)28(36-31(37)40-18-19-9-5-4-6-10-19)24-16-26(39-3)35-29(34-24)27-22-13-7-11-20(22)15-21-12-8-14-23(21)27/h4-6,9-10,15-17,28,38H,7-8,11-14,18H2,1-3H3,(H,36,37). The number of rotatable bonds is 8. The Balaban J connectivity index is 1.41. The highest BCUT2D eigenvalue weighted by Gasteiger charge is 2.30. The van der Waals surface area contributed by atoms with E-state index in [1.807, 2.05) is 30.3 Å². The molecule has 2 aromatic carbocycles. The summed E-state index contributed by atoms with van der Waals surface area (Å²) in [5, 5.41) is 14.1. The van der Waals surface area contributed by atoms with Gasteiger partial charge in [0, 0.05) is 17.8 Å². The highest BCUT2D eigenvalue weighted by atomic mass is 32.1. The summed E-state index contributed by atoms with van der Waals surface area (Å²) in [7, 11) is 1.59. The molecular formula is C32H34N4O4S. The van der Waals surface area contributed by atoms with E-state index in [1.165, 1.54) is 33.6 Å². The summed E-state index contributed by atoms with van der Waals surface area (Å²) in [5.41, 5.74) is 6.91. The number of hydrogen-bond donors (Lipinski definition) is 2. The van der Waals surface area contributed by atoms with Gasteiger partial charge >= 0.3 is 6.09 Å². The van der Waals surface area contributed by atoms with E-state index in [-0.39, 0.29) is 6.61 Å². The summed E-state index contributed by atoms with van der Waals surface area (Å²) in [5.74, 6) is 1.04. The molecule has 1 amide bonds. The van der Waals surface area contributed by atoms with Crippen molar-refractivity contribution in [2.75, 3.05) is 7.11 Å². The van der Waals surface area contributed by atoms with Crippen LogP contribution in [0, 0.1) is 0 Å². The zero-order valence-electron chi connectivity index (χ0n) is 23.6. The zero-order valence-corrected chi connectivity index (χ0v) is 24.4. The first kappa shape index (κ1) is 27.4. The van der Waals surface area contributed by atoms with Crippen molar-refractivity contribution in [2.24, 2.45) is 0 Å². The largest absolute Gasteiger partial charge is 0.481 e. The lowest BCUT2D eigenvalue weighted by molar-refractivity contribution is 0.0783. The van der Waals surface area contributed by atoms with Crippen molar-refractivity contribution in [3.8, 4) is 17.3 Å². The van der Waals surface area contributed by atoms with Gasteiger partial charge in [0.25, 0.3) is 0 Å². The topological polar surface area (TPSA) is 106 Å². The Kier molecular flexibility index (Phi) is 7.48. The summed E-state index contributed by atoms with van der Waals surface area (Å²) >= 11 is 1.32. The molecule has 9 heteroatoms. The molecule has 8 nitrogen and oxygen atoms in total. The van der Waals surface area contributed by atoms with Crippen molar-refractivity contribution in [2.45, 2.75) is 70.6 Å². The molecule has 2 N–H and O–H groups in total. The number of aliphatic hydroxyl groups is 1. The molecule has 1 atom stereocenters. The van der Waals surface area contributed by atoms with Crippen molar-refractivity contribution >= 4 is 17.4 Å². The summed E-state index contributed by atoms with van der Waals surface area (Å²) in [6.45, 7) is 3.51. The molecule has 2 heterocycles. The quantitative estimate of drug-likeness (QED) is 0.275. The minimum absolute atomic E-state index is 0.137. The van der Waals surface area contributed by atoms with E-state index in [0.717, 1.165) is 49.7 Å². The van der Waals surface area contributed by atoms with Gasteiger partial charge in [0.05, 0.1) is 17.7 Å². The van der Waals surface area contributed by atoms with E-state index in [2.05, 4.69) is 16.4 Å². The van der Waals surface area contributed by atoms with E-state index in [1.54, 1.807) is 33.2 Å².